The molecule has 6 heteroatoms. The third-order valence-corrected chi connectivity index (χ3v) is 4.89. The summed E-state index contributed by atoms with van der Waals surface area (Å²) in [6.07, 6.45) is 0. The van der Waals surface area contributed by atoms with Crippen LogP contribution in [0.1, 0.15) is 16.7 Å². The second-order valence-electron chi connectivity index (χ2n) is 4.70. The number of rotatable bonds is 3. The van der Waals surface area contributed by atoms with E-state index >= 15 is 0 Å². The summed E-state index contributed by atoms with van der Waals surface area (Å²) in [5.41, 5.74) is 6.88. The van der Waals surface area contributed by atoms with Gasteiger partial charge in [0.15, 0.2) is 9.84 Å². The van der Waals surface area contributed by atoms with Crippen LogP contribution < -0.4 is 5.73 Å². The lowest BCUT2D eigenvalue weighted by molar-refractivity contribution is 0.594. The first-order valence-corrected chi connectivity index (χ1v) is 7.76. The highest BCUT2D eigenvalue weighted by atomic mass is 32.2. The predicted molar refractivity (Wildman–Crippen MR) is 77.6 cm³/mol. The molecular weight excluding hydrogens is 291 g/mol. The summed E-state index contributed by atoms with van der Waals surface area (Å²) >= 11 is 0. The van der Waals surface area contributed by atoms with Gasteiger partial charge in [0.1, 0.15) is 5.82 Å². The molecule has 0 saturated heterocycles. The maximum Gasteiger partial charge on any atom is 0.182 e. The van der Waals surface area contributed by atoms with Gasteiger partial charge in [-0.3, -0.25) is 0 Å². The van der Waals surface area contributed by atoms with Gasteiger partial charge >= 0.3 is 0 Å². The van der Waals surface area contributed by atoms with Crippen LogP contribution >= 0.6 is 0 Å². The SMILES string of the molecule is Cc1cc(N)ccc1S(=O)(=O)Cc1cc(F)ccc1C#N. The Morgan fingerprint density at radius 3 is 2.57 bits per heavy atom. The van der Waals surface area contributed by atoms with Gasteiger partial charge in [0.2, 0.25) is 0 Å². The van der Waals surface area contributed by atoms with Gasteiger partial charge in [-0.15, -0.1) is 0 Å². The van der Waals surface area contributed by atoms with Crippen molar-refractivity contribution in [2.45, 2.75) is 17.6 Å². The lowest BCUT2D eigenvalue weighted by Crippen LogP contribution is -2.08. The van der Waals surface area contributed by atoms with E-state index in [9.17, 15) is 12.8 Å². The molecule has 0 aliphatic carbocycles. The van der Waals surface area contributed by atoms with E-state index in [1.807, 2.05) is 6.07 Å². The number of halogens is 1. The van der Waals surface area contributed by atoms with Crippen LogP contribution in [0.2, 0.25) is 0 Å². The lowest BCUT2D eigenvalue weighted by Gasteiger charge is -2.09. The molecule has 0 aliphatic rings. The van der Waals surface area contributed by atoms with Crippen molar-refractivity contribution in [2.75, 3.05) is 5.73 Å². The molecule has 2 N–H and O–H groups in total. The zero-order valence-corrected chi connectivity index (χ0v) is 12.1. The molecule has 0 heterocycles. The summed E-state index contributed by atoms with van der Waals surface area (Å²) in [5, 5.41) is 8.98. The lowest BCUT2D eigenvalue weighted by atomic mass is 10.1. The molecule has 0 unspecified atom stereocenters. The molecule has 0 radical (unpaired) electrons. The molecule has 0 spiro atoms. The van der Waals surface area contributed by atoms with E-state index in [2.05, 4.69) is 0 Å². The molecule has 0 fully saturated rings. The van der Waals surface area contributed by atoms with Crippen molar-refractivity contribution in [2.24, 2.45) is 0 Å². The fourth-order valence-corrected chi connectivity index (χ4v) is 3.72. The number of hydrogen-bond donors (Lipinski definition) is 1. The minimum absolute atomic E-state index is 0.129. The van der Waals surface area contributed by atoms with E-state index in [4.69, 9.17) is 11.0 Å². The second-order valence-corrected chi connectivity index (χ2v) is 6.66. The first-order chi connectivity index (χ1) is 9.83. The van der Waals surface area contributed by atoms with Crippen LogP contribution in [-0.2, 0) is 15.6 Å². The van der Waals surface area contributed by atoms with Gasteiger partial charge in [-0.05, 0) is 54.4 Å². The van der Waals surface area contributed by atoms with Crippen LogP contribution in [0.15, 0.2) is 41.3 Å². The molecule has 0 saturated carbocycles. The zero-order valence-electron chi connectivity index (χ0n) is 11.3. The molecule has 0 bridgehead atoms. The normalized spacial score (nSPS) is 11.1. The number of nitrogens with two attached hydrogens (primary N) is 1. The highest BCUT2D eigenvalue weighted by Gasteiger charge is 2.20. The van der Waals surface area contributed by atoms with Gasteiger partial charge in [-0.1, -0.05) is 0 Å². The van der Waals surface area contributed by atoms with Crippen LogP contribution in [-0.4, -0.2) is 8.42 Å². The molecule has 2 aromatic carbocycles. The average molecular weight is 304 g/mol. The highest BCUT2D eigenvalue weighted by Crippen LogP contribution is 2.23. The fraction of sp³-hybridized carbons (Fsp3) is 0.133. The molecule has 21 heavy (non-hydrogen) atoms. The number of anilines is 1. The number of nitriles is 1. The molecule has 0 aromatic heterocycles. The Balaban J connectivity index is 2.47. The van der Waals surface area contributed by atoms with Gasteiger partial charge in [-0.25, -0.2) is 12.8 Å². The van der Waals surface area contributed by atoms with E-state index in [-0.39, 0.29) is 16.0 Å². The Morgan fingerprint density at radius 2 is 1.95 bits per heavy atom. The minimum Gasteiger partial charge on any atom is -0.399 e. The Bertz CT molecular complexity index is 839. The Morgan fingerprint density at radius 1 is 1.24 bits per heavy atom. The zero-order chi connectivity index (χ0) is 15.6. The van der Waals surface area contributed by atoms with Gasteiger partial charge in [0.25, 0.3) is 0 Å². The number of sulfone groups is 1. The topological polar surface area (TPSA) is 84.0 Å². The summed E-state index contributed by atoms with van der Waals surface area (Å²) in [7, 11) is -3.68. The van der Waals surface area contributed by atoms with Gasteiger partial charge in [-0.2, -0.15) is 5.26 Å². The molecule has 108 valence electrons. The van der Waals surface area contributed by atoms with Crippen molar-refractivity contribution in [1.82, 2.24) is 0 Å². The quantitative estimate of drug-likeness (QED) is 0.883. The van der Waals surface area contributed by atoms with E-state index in [0.29, 0.717) is 11.3 Å². The minimum atomic E-state index is -3.68. The maximum absolute atomic E-state index is 13.3. The van der Waals surface area contributed by atoms with Crippen molar-refractivity contribution in [3.8, 4) is 6.07 Å². The maximum atomic E-state index is 13.3. The Labute approximate surface area is 122 Å². The molecule has 2 rings (SSSR count). The van der Waals surface area contributed by atoms with Crippen LogP contribution in [0.4, 0.5) is 10.1 Å². The summed E-state index contributed by atoms with van der Waals surface area (Å²) in [6, 6.07) is 9.82. The third kappa shape index (κ3) is 3.20. The van der Waals surface area contributed by atoms with E-state index < -0.39 is 21.4 Å². The average Bonchev–Trinajstić information content (AvgIpc) is 2.37. The smallest absolute Gasteiger partial charge is 0.182 e. The van der Waals surface area contributed by atoms with Crippen molar-refractivity contribution in [3.05, 3.63) is 58.9 Å². The number of hydrogen-bond acceptors (Lipinski definition) is 4. The van der Waals surface area contributed by atoms with Crippen molar-refractivity contribution >= 4 is 15.5 Å². The van der Waals surface area contributed by atoms with Crippen LogP contribution in [0, 0.1) is 24.1 Å². The Kier molecular flexibility index (Phi) is 3.96. The number of nitrogens with zero attached hydrogens (tertiary/aromatic N) is 1. The van der Waals surface area contributed by atoms with Gasteiger partial charge in [0.05, 0.1) is 22.3 Å². The van der Waals surface area contributed by atoms with Crippen molar-refractivity contribution in [3.63, 3.8) is 0 Å². The summed E-state index contributed by atoms with van der Waals surface area (Å²) < 4.78 is 38.2. The standard InChI is InChI=1S/C15H13FN2O2S/c1-10-6-14(18)4-5-15(10)21(19,20)9-12-7-13(16)3-2-11(12)8-17/h2-7H,9,18H2,1H3. The van der Waals surface area contributed by atoms with Gasteiger partial charge in [0, 0.05) is 5.69 Å². The number of aryl methyl sites for hydroxylation is 1. The first kappa shape index (κ1) is 15.0. The van der Waals surface area contributed by atoms with E-state index in [0.717, 1.165) is 12.1 Å². The van der Waals surface area contributed by atoms with E-state index in [1.54, 1.807) is 13.0 Å². The molecule has 0 amide bonds. The highest BCUT2D eigenvalue weighted by molar-refractivity contribution is 7.90. The molecule has 0 aliphatic heterocycles. The summed E-state index contributed by atoms with van der Waals surface area (Å²) in [5.74, 6) is -1.01. The number of nitrogen functional groups attached to an aromatic ring is 1. The molecule has 0 atom stereocenters. The van der Waals surface area contributed by atoms with Crippen LogP contribution in [0.25, 0.3) is 0 Å². The molecular formula is C15H13FN2O2S. The van der Waals surface area contributed by atoms with Crippen LogP contribution in [0.5, 0.6) is 0 Å². The Hall–Kier alpha value is -2.39. The predicted octanol–water partition coefficient (Wildman–Crippen LogP) is 2.56. The van der Waals surface area contributed by atoms with Crippen molar-refractivity contribution < 1.29 is 12.8 Å². The van der Waals surface area contributed by atoms with Crippen molar-refractivity contribution in [1.29, 1.82) is 5.26 Å². The summed E-state index contributed by atoms with van der Waals surface area (Å²) in [4.78, 5) is 0.129. The molecule has 2 aromatic rings. The summed E-state index contributed by atoms with van der Waals surface area (Å²) in [6.45, 7) is 1.64. The number of benzene rings is 2. The second kappa shape index (κ2) is 5.54. The largest absolute Gasteiger partial charge is 0.399 e. The van der Waals surface area contributed by atoms with E-state index in [1.165, 1.54) is 18.2 Å². The first-order valence-electron chi connectivity index (χ1n) is 6.11. The molecule has 4 nitrogen and oxygen atoms in total. The van der Waals surface area contributed by atoms with Crippen LogP contribution in [0.3, 0.4) is 0 Å². The van der Waals surface area contributed by atoms with Gasteiger partial charge < -0.3 is 5.73 Å². The monoisotopic (exact) mass is 304 g/mol. The third-order valence-electron chi connectivity index (χ3n) is 3.07. The fourth-order valence-electron chi connectivity index (χ4n) is 2.09.